The molecule has 0 aromatic rings. The Labute approximate surface area is 86.0 Å². The summed E-state index contributed by atoms with van der Waals surface area (Å²) in [4.78, 5) is 33.4. The lowest BCUT2D eigenvalue weighted by Crippen LogP contribution is -2.34. The van der Waals surface area contributed by atoms with E-state index in [1.54, 1.807) is 12.2 Å². The smallest absolute Gasteiger partial charge is 0.321 e. The van der Waals surface area contributed by atoms with E-state index in [1.165, 1.54) is 6.92 Å². The Kier molecular flexibility index (Phi) is 2.30. The van der Waals surface area contributed by atoms with Gasteiger partial charge in [0.25, 0.3) is 0 Å². The molecular formula is C10H10O5. The predicted molar refractivity (Wildman–Crippen MR) is 47.4 cm³/mol. The van der Waals surface area contributed by atoms with Crippen LogP contribution in [0.2, 0.25) is 0 Å². The number of hydrogen-bond donors (Lipinski definition) is 0. The first kappa shape index (κ1) is 9.89. The average Bonchev–Trinajstić information content (AvgIpc) is 2.43. The molecule has 0 spiro atoms. The molecule has 1 fully saturated rings. The van der Waals surface area contributed by atoms with E-state index in [9.17, 15) is 14.4 Å². The van der Waals surface area contributed by atoms with E-state index >= 15 is 0 Å². The molecule has 1 heterocycles. The zero-order chi connectivity index (χ0) is 11.0. The number of hydrogen-bond acceptors (Lipinski definition) is 5. The first-order valence-electron chi connectivity index (χ1n) is 4.69. The molecule has 0 aromatic carbocycles. The summed E-state index contributed by atoms with van der Waals surface area (Å²) in [5.41, 5.74) is 0. The van der Waals surface area contributed by atoms with Gasteiger partial charge in [0.2, 0.25) is 0 Å². The minimum Gasteiger partial charge on any atom is -0.457 e. The number of carbonyl (C=O) groups excluding carboxylic acids is 3. The molecule has 2 rings (SSSR count). The van der Waals surface area contributed by atoms with E-state index in [2.05, 4.69) is 4.74 Å². The lowest BCUT2D eigenvalue weighted by Gasteiger charge is -2.23. The number of ether oxygens (including phenoxy) is 2. The van der Waals surface area contributed by atoms with Gasteiger partial charge in [-0.1, -0.05) is 6.08 Å². The van der Waals surface area contributed by atoms with Gasteiger partial charge < -0.3 is 9.47 Å². The Bertz CT molecular complexity index is 357. The number of esters is 3. The summed E-state index contributed by atoms with van der Waals surface area (Å²) in [6, 6.07) is 0. The van der Waals surface area contributed by atoms with Crippen LogP contribution in [0.15, 0.2) is 12.2 Å². The van der Waals surface area contributed by atoms with Gasteiger partial charge in [0.1, 0.15) is 12.0 Å². The van der Waals surface area contributed by atoms with Crippen molar-refractivity contribution in [2.24, 2.45) is 11.8 Å². The Balaban J connectivity index is 2.22. The second kappa shape index (κ2) is 3.49. The van der Waals surface area contributed by atoms with Gasteiger partial charge in [-0.15, -0.1) is 0 Å². The Hall–Kier alpha value is -1.65. The van der Waals surface area contributed by atoms with Crippen LogP contribution in [0, 0.1) is 11.8 Å². The Morgan fingerprint density at radius 1 is 1.47 bits per heavy atom. The fraction of sp³-hybridized carbons (Fsp3) is 0.500. The zero-order valence-electron chi connectivity index (χ0n) is 8.14. The SMILES string of the molecule is CC(=O)O[C@@H]1C=CC[C@@H]2C(=O)OC(=O)[C@H]21. The molecule has 1 saturated heterocycles. The summed E-state index contributed by atoms with van der Waals surface area (Å²) in [6.45, 7) is 1.26. The van der Waals surface area contributed by atoms with E-state index in [0.717, 1.165) is 0 Å². The highest BCUT2D eigenvalue weighted by atomic mass is 16.6. The maximum absolute atomic E-state index is 11.3. The van der Waals surface area contributed by atoms with Crippen molar-refractivity contribution in [1.29, 1.82) is 0 Å². The molecule has 0 aromatic heterocycles. The van der Waals surface area contributed by atoms with Crippen molar-refractivity contribution in [2.75, 3.05) is 0 Å². The van der Waals surface area contributed by atoms with Crippen LogP contribution in [0.25, 0.3) is 0 Å². The molecule has 5 heteroatoms. The van der Waals surface area contributed by atoms with E-state index in [1.807, 2.05) is 0 Å². The normalized spacial score (nSPS) is 33.5. The van der Waals surface area contributed by atoms with Crippen LogP contribution in [0.5, 0.6) is 0 Å². The van der Waals surface area contributed by atoms with Gasteiger partial charge in [0, 0.05) is 6.92 Å². The van der Waals surface area contributed by atoms with Gasteiger partial charge in [-0.25, -0.2) is 0 Å². The molecule has 0 radical (unpaired) electrons. The second-order valence-corrected chi connectivity index (χ2v) is 3.61. The predicted octanol–water partition coefficient (Wildman–Crippen LogP) is 0.194. The molecule has 0 unspecified atom stereocenters. The van der Waals surface area contributed by atoms with Gasteiger partial charge in [-0.3, -0.25) is 14.4 Å². The lowest BCUT2D eigenvalue weighted by atomic mass is 9.83. The van der Waals surface area contributed by atoms with Crippen molar-refractivity contribution in [3.05, 3.63) is 12.2 Å². The fourth-order valence-corrected chi connectivity index (χ4v) is 1.94. The van der Waals surface area contributed by atoms with Crippen LogP contribution in [0.4, 0.5) is 0 Å². The molecule has 80 valence electrons. The molecular weight excluding hydrogens is 200 g/mol. The molecule has 15 heavy (non-hydrogen) atoms. The third-order valence-corrected chi connectivity index (χ3v) is 2.58. The monoisotopic (exact) mass is 210 g/mol. The Morgan fingerprint density at radius 3 is 2.87 bits per heavy atom. The number of carbonyl (C=O) groups is 3. The molecule has 2 aliphatic rings. The minimum absolute atomic E-state index is 0.465. The number of allylic oxidation sites excluding steroid dienone is 1. The summed E-state index contributed by atoms with van der Waals surface area (Å²) in [5.74, 6) is -2.75. The first-order valence-corrected chi connectivity index (χ1v) is 4.69. The zero-order valence-corrected chi connectivity index (χ0v) is 8.14. The topological polar surface area (TPSA) is 69.7 Å². The summed E-state index contributed by atoms with van der Waals surface area (Å²) >= 11 is 0. The molecule has 0 saturated carbocycles. The quantitative estimate of drug-likeness (QED) is 0.351. The molecule has 1 aliphatic heterocycles. The van der Waals surface area contributed by atoms with Gasteiger partial charge in [-0.05, 0) is 12.5 Å². The van der Waals surface area contributed by atoms with Crippen LogP contribution >= 0.6 is 0 Å². The van der Waals surface area contributed by atoms with Crippen LogP contribution in [-0.2, 0) is 23.9 Å². The summed E-state index contributed by atoms with van der Waals surface area (Å²) in [7, 11) is 0. The molecule has 0 N–H and O–H groups in total. The number of rotatable bonds is 1. The van der Waals surface area contributed by atoms with Crippen molar-refractivity contribution in [2.45, 2.75) is 19.4 Å². The van der Waals surface area contributed by atoms with Crippen LogP contribution in [0.3, 0.4) is 0 Å². The minimum atomic E-state index is -0.666. The van der Waals surface area contributed by atoms with Crippen LogP contribution in [0.1, 0.15) is 13.3 Å². The van der Waals surface area contributed by atoms with Crippen LogP contribution < -0.4 is 0 Å². The van der Waals surface area contributed by atoms with Gasteiger partial charge in [0.15, 0.2) is 0 Å². The molecule has 3 atom stereocenters. The number of fused-ring (bicyclic) bond motifs is 1. The summed E-state index contributed by atoms with van der Waals surface area (Å²) < 4.78 is 9.46. The highest BCUT2D eigenvalue weighted by Gasteiger charge is 2.50. The van der Waals surface area contributed by atoms with Crippen molar-refractivity contribution in [3.63, 3.8) is 0 Å². The molecule has 5 nitrogen and oxygen atoms in total. The summed E-state index contributed by atoms with van der Waals surface area (Å²) in [5, 5.41) is 0. The standard InChI is InChI=1S/C10H10O5/c1-5(11)14-7-4-2-3-6-8(7)10(13)15-9(6)12/h2,4,6-8H,3H2,1H3/t6-,7+,8+/m0/s1. The highest BCUT2D eigenvalue weighted by Crippen LogP contribution is 2.34. The van der Waals surface area contributed by atoms with E-state index < -0.39 is 35.8 Å². The first-order chi connectivity index (χ1) is 7.09. The lowest BCUT2D eigenvalue weighted by molar-refractivity contribution is -0.155. The van der Waals surface area contributed by atoms with E-state index in [4.69, 9.17) is 4.74 Å². The molecule has 0 bridgehead atoms. The van der Waals surface area contributed by atoms with Crippen molar-refractivity contribution >= 4 is 17.9 Å². The second-order valence-electron chi connectivity index (χ2n) is 3.61. The molecule has 1 aliphatic carbocycles. The van der Waals surface area contributed by atoms with Crippen molar-refractivity contribution in [1.82, 2.24) is 0 Å². The van der Waals surface area contributed by atoms with Crippen molar-refractivity contribution in [3.8, 4) is 0 Å². The Morgan fingerprint density at radius 2 is 2.20 bits per heavy atom. The third kappa shape index (κ3) is 1.65. The third-order valence-electron chi connectivity index (χ3n) is 2.58. The van der Waals surface area contributed by atoms with Crippen LogP contribution in [-0.4, -0.2) is 24.0 Å². The average molecular weight is 210 g/mol. The van der Waals surface area contributed by atoms with E-state index in [0.29, 0.717) is 6.42 Å². The highest BCUT2D eigenvalue weighted by molar-refractivity contribution is 5.97. The maximum atomic E-state index is 11.3. The van der Waals surface area contributed by atoms with Gasteiger partial charge in [-0.2, -0.15) is 0 Å². The maximum Gasteiger partial charge on any atom is 0.321 e. The number of cyclic esters (lactones) is 2. The largest absolute Gasteiger partial charge is 0.457 e. The molecule has 0 amide bonds. The van der Waals surface area contributed by atoms with E-state index in [-0.39, 0.29) is 0 Å². The van der Waals surface area contributed by atoms with Crippen molar-refractivity contribution < 1.29 is 23.9 Å². The van der Waals surface area contributed by atoms with Gasteiger partial charge >= 0.3 is 17.9 Å². The summed E-state index contributed by atoms with van der Waals surface area (Å²) in [6.07, 6.45) is 3.16. The van der Waals surface area contributed by atoms with Gasteiger partial charge in [0.05, 0.1) is 5.92 Å². The fourth-order valence-electron chi connectivity index (χ4n) is 1.94.